The van der Waals surface area contributed by atoms with Crippen molar-refractivity contribution >= 4 is 84.5 Å². The third kappa shape index (κ3) is 7.70. The van der Waals surface area contributed by atoms with Crippen LogP contribution in [-0.4, -0.2) is 47.9 Å². The number of thioether (sulfide) groups is 1. The van der Waals surface area contributed by atoms with Crippen LogP contribution in [0.3, 0.4) is 0 Å². The Morgan fingerprint density at radius 3 is 2.29 bits per heavy atom. The van der Waals surface area contributed by atoms with E-state index in [1.807, 2.05) is 50.2 Å². The maximum Gasteiger partial charge on any atom is 0.280 e. The zero-order chi connectivity index (χ0) is 38.9. The molecule has 0 saturated carbocycles. The van der Waals surface area contributed by atoms with Crippen LogP contribution in [-0.2, 0) is 21.2 Å². The van der Waals surface area contributed by atoms with E-state index in [1.165, 1.54) is 36.0 Å². The molecule has 1 fully saturated rings. The smallest absolute Gasteiger partial charge is 0.280 e. The SMILES string of the molecule is CCN(CC)c1ccc(C2SCC(=O)N2c2ccc(S(=O)(=O)Nn3c(Cc4ccccc4Nc4c(Cl)cccc4Cl)nc4ccccc4c3=O)cc2)c(O)c1. The zero-order valence-corrected chi connectivity index (χ0v) is 32.9. The summed E-state index contributed by atoms with van der Waals surface area (Å²) in [7, 11) is -4.36. The highest BCUT2D eigenvalue weighted by molar-refractivity contribution is 8.00. The molecule has 0 spiro atoms. The van der Waals surface area contributed by atoms with Gasteiger partial charge in [0.1, 0.15) is 16.9 Å². The van der Waals surface area contributed by atoms with Crippen molar-refractivity contribution in [3.8, 4) is 5.75 Å². The van der Waals surface area contributed by atoms with E-state index in [-0.39, 0.29) is 39.9 Å². The molecular formula is C40H36Cl2N6O5S2. The van der Waals surface area contributed by atoms with Crippen LogP contribution in [0.15, 0.2) is 119 Å². The second-order valence-corrected chi connectivity index (χ2v) is 16.2. The number of fused-ring (bicyclic) bond motifs is 1. The van der Waals surface area contributed by atoms with E-state index >= 15 is 0 Å². The van der Waals surface area contributed by atoms with E-state index in [0.29, 0.717) is 43.8 Å². The molecule has 282 valence electrons. The Kier molecular flexibility index (Phi) is 11.0. The number of halogens is 2. The summed E-state index contributed by atoms with van der Waals surface area (Å²) in [5.74, 6) is 0.217. The van der Waals surface area contributed by atoms with Crippen molar-refractivity contribution in [2.24, 2.45) is 0 Å². The predicted octanol–water partition coefficient (Wildman–Crippen LogP) is 8.30. The van der Waals surface area contributed by atoms with Gasteiger partial charge in [0.05, 0.1) is 37.3 Å². The lowest BCUT2D eigenvalue weighted by molar-refractivity contribution is -0.115. The highest BCUT2D eigenvalue weighted by Gasteiger charge is 2.36. The molecule has 1 unspecified atom stereocenters. The van der Waals surface area contributed by atoms with E-state index < -0.39 is 21.0 Å². The van der Waals surface area contributed by atoms with Gasteiger partial charge in [0.15, 0.2) is 0 Å². The highest BCUT2D eigenvalue weighted by Crippen LogP contribution is 2.45. The van der Waals surface area contributed by atoms with Gasteiger partial charge in [-0.2, -0.15) is 13.1 Å². The van der Waals surface area contributed by atoms with E-state index in [2.05, 4.69) is 15.0 Å². The number of phenols is 1. The number of aromatic nitrogens is 2. The second-order valence-electron chi connectivity index (χ2n) is 12.7. The molecule has 1 saturated heterocycles. The second kappa shape index (κ2) is 15.9. The molecule has 1 aliphatic rings. The van der Waals surface area contributed by atoms with Gasteiger partial charge in [-0.3, -0.25) is 14.5 Å². The fraction of sp³-hybridized carbons (Fsp3) is 0.175. The number of para-hydroxylation sites is 3. The Labute approximate surface area is 332 Å². The van der Waals surface area contributed by atoms with Crippen LogP contribution in [0.1, 0.15) is 36.2 Å². The molecular weight excluding hydrogens is 780 g/mol. The summed E-state index contributed by atoms with van der Waals surface area (Å²) in [5.41, 5.74) is 3.53. The van der Waals surface area contributed by atoms with Gasteiger partial charge in [-0.05, 0) is 80.1 Å². The summed E-state index contributed by atoms with van der Waals surface area (Å²) < 4.78 is 28.9. The first-order chi connectivity index (χ1) is 26.5. The summed E-state index contributed by atoms with van der Waals surface area (Å²) in [4.78, 5) is 37.8. The summed E-state index contributed by atoms with van der Waals surface area (Å²) in [5, 5.41) is 14.8. The standard InChI is InChI=1S/C40H36Cl2N6O5S2/c1-3-46(4-2)27-18-21-30(35(49)23-27)40-47(37(50)24-54-40)26-16-19-28(20-17-26)55(52,53)45-48-36(43-34-15-8-6-11-29(34)39(48)51)22-25-10-5-7-14-33(25)44-38-31(41)12-9-13-32(38)42/h5-21,23,40,44-45,49H,3-4,22,24H2,1-2H3. The third-order valence-corrected chi connectivity index (χ3v) is 12.5. The number of benzene rings is 5. The summed E-state index contributed by atoms with van der Waals surface area (Å²) >= 11 is 14.3. The number of carbonyl (C=O) groups is 1. The lowest BCUT2D eigenvalue weighted by atomic mass is 10.1. The number of rotatable bonds is 12. The van der Waals surface area contributed by atoms with Crippen LogP contribution >= 0.6 is 35.0 Å². The number of hydrogen-bond acceptors (Lipinski definition) is 9. The van der Waals surface area contributed by atoms with Crippen molar-refractivity contribution in [1.29, 1.82) is 0 Å². The normalized spacial score (nSPS) is 14.4. The lowest BCUT2D eigenvalue weighted by Gasteiger charge is -2.27. The first-order valence-electron chi connectivity index (χ1n) is 17.4. The molecule has 55 heavy (non-hydrogen) atoms. The zero-order valence-electron chi connectivity index (χ0n) is 29.7. The minimum atomic E-state index is -4.36. The van der Waals surface area contributed by atoms with Gasteiger partial charge in [-0.15, -0.1) is 11.8 Å². The molecule has 6 aromatic rings. The molecule has 0 aliphatic carbocycles. The monoisotopic (exact) mass is 814 g/mol. The number of amides is 1. The number of phenolic OH excluding ortho intramolecular Hbond substituents is 1. The third-order valence-electron chi connectivity index (χ3n) is 9.35. The first-order valence-corrected chi connectivity index (χ1v) is 20.7. The van der Waals surface area contributed by atoms with Gasteiger partial charge in [0.2, 0.25) is 5.91 Å². The molecule has 5 aromatic carbocycles. The van der Waals surface area contributed by atoms with Crippen molar-refractivity contribution in [2.75, 3.05) is 38.8 Å². The van der Waals surface area contributed by atoms with Crippen molar-refractivity contribution in [2.45, 2.75) is 30.5 Å². The maximum atomic E-state index is 14.0. The number of nitrogens with zero attached hydrogens (tertiary/aromatic N) is 4. The Morgan fingerprint density at radius 2 is 1.58 bits per heavy atom. The number of nitrogens with one attached hydrogen (secondary N) is 2. The molecule has 1 amide bonds. The van der Waals surface area contributed by atoms with Crippen molar-refractivity contribution in [3.63, 3.8) is 0 Å². The topological polar surface area (TPSA) is 137 Å². The summed E-state index contributed by atoms with van der Waals surface area (Å²) in [6, 6.07) is 30.4. The Hall–Kier alpha value is -5.21. The Morgan fingerprint density at radius 1 is 0.891 bits per heavy atom. The number of sulfonamides is 1. The number of aromatic hydroxyl groups is 1. The van der Waals surface area contributed by atoms with Crippen LogP contribution in [0, 0.1) is 0 Å². The number of hydrogen-bond donors (Lipinski definition) is 3. The number of carbonyl (C=O) groups excluding carboxylic acids is 1. The molecule has 3 N–H and O–H groups in total. The molecule has 15 heteroatoms. The largest absolute Gasteiger partial charge is 0.507 e. The van der Waals surface area contributed by atoms with Crippen LogP contribution in [0.5, 0.6) is 5.75 Å². The quantitative estimate of drug-likeness (QED) is 0.111. The summed E-state index contributed by atoms with van der Waals surface area (Å²) in [6.07, 6.45) is 0.0473. The molecule has 1 atom stereocenters. The Balaban J connectivity index is 1.19. The molecule has 1 aliphatic heterocycles. The lowest BCUT2D eigenvalue weighted by Crippen LogP contribution is -2.36. The molecule has 2 heterocycles. The van der Waals surface area contributed by atoms with Crippen molar-refractivity contribution in [1.82, 2.24) is 9.66 Å². The predicted molar refractivity (Wildman–Crippen MR) is 222 cm³/mol. The van der Waals surface area contributed by atoms with Gasteiger partial charge in [0, 0.05) is 48.2 Å². The van der Waals surface area contributed by atoms with Gasteiger partial charge in [-0.1, -0.05) is 65.7 Å². The average Bonchev–Trinajstić information content (AvgIpc) is 3.56. The summed E-state index contributed by atoms with van der Waals surface area (Å²) in [6.45, 7) is 5.63. The highest BCUT2D eigenvalue weighted by atomic mass is 35.5. The van der Waals surface area contributed by atoms with E-state index in [0.717, 1.165) is 23.5 Å². The van der Waals surface area contributed by atoms with Crippen LogP contribution in [0.25, 0.3) is 10.9 Å². The van der Waals surface area contributed by atoms with Crippen molar-refractivity contribution < 1.29 is 18.3 Å². The molecule has 11 nitrogen and oxygen atoms in total. The van der Waals surface area contributed by atoms with Gasteiger partial charge in [-0.25, -0.2) is 9.82 Å². The van der Waals surface area contributed by atoms with Gasteiger partial charge < -0.3 is 15.3 Å². The fourth-order valence-corrected chi connectivity index (χ4v) is 9.26. The van der Waals surface area contributed by atoms with Gasteiger partial charge in [0.25, 0.3) is 15.6 Å². The van der Waals surface area contributed by atoms with Crippen LogP contribution in [0.4, 0.5) is 22.7 Å². The van der Waals surface area contributed by atoms with Crippen molar-refractivity contribution in [3.05, 3.63) is 147 Å². The molecule has 0 bridgehead atoms. The molecule has 0 radical (unpaired) electrons. The molecule has 7 rings (SSSR count). The van der Waals surface area contributed by atoms with Gasteiger partial charge >= 0.3 is 0 Å². The van der Waals surface area contributed by atoms with Crippen LogP contribution in [0.2, 0.25) is 10.0 Å². The minimum Gasteiger partial charge on any atom is -0.507 e. The van der Waals surface area contributed by atoms with E-state index in [9.17, 15) is 23.1 Å². The Bertz CT molecular complexity index is 2560. The van der Waals surface area contributed by atoms with E-state index in [4.69, 9.17) is 28.2 Å². The minimum absolute atomic E-state index is 0.0473. The molecule has 1 aromatic heterocycles. The van der Waals surface area contributed by atoms with E-state index in [1.54, 1.807) is 53.4 Å². The number of anilines is 4. The van der Waals surface area contributed by atoms with Crippen LogP contribution < -0.4 is 25.5 Å². The maximum absolute atomic E-state index is 14.0. The fourth-order valence-electron chi connectivity index (χ4n) is 6.53. The first kappa shape index (κ1) is 38.1. The average molecular weight is 816 g/mol.